The van der Waals surface area contributed by atoms with E-state index in [1.54, 1.807) is 11.3 Å². The van der Waals surface area contributed by atoms with E-state index in [1.165, 1.54) is 19.2 Å². The number of nitrogens with two attached hydrogens (primary N) is 1. The molecular weight excluding hydrogens is 361 g/mol. The van der Waals surface area contributed by atoms with Gasteiger partial charge >= 0.3 is 0 Å². The van der Waals surface area contributed by atoms with E-state index >= 15 is 0 Å². The highest BCUT2D eigenvalue weighted by atomic mass is 127. The Morgan fingerprint density at radius 3 is 2.92 bits per heavy atom. The Hall–Kier alpha value is 0.190. The summed E-state index contributed by atoms with van der Waals surface area (Å²) >= 11 is 7.48. The molecule has 0 atom stereocenters. The quantitative estimate of drug-likeness (QED) is 0.598. The van der Waals surface area contributed by atoms with Crippen LogP contribution in [0, 0.1) is 3.57 Å². The number of alkyl halides is 1. The second-order valence-corrected chi connectivity index (χ2v) is 5.50. The molecule has 0 aliphatic heterocycles. The SMILES string of the molecule is Nc1sc2cccc(I)c2c1CBr. The molecule has 1 aromatic carbocycles. The first-order chi connectivity index (χ1) is 6.24. The first-order valence-corrected chi connectivity index (χ1v) is 6.77. The minimum Gasteiger partial charge on any atom is -0.390 e. The fourth-order valence-electron chi connectivity index (χ4n) is 1.32. The van der Waals surface area contributed by atoms with Gasteiger partial charge in [-0.15, -0.1) is 11.3 Å². The molecule has 0 amide bonds. The van der Waals surface area contributed by atoms with Crippen LogP contribution >= 0.6 is 49.9 Å². The van der Waals surface area contributed by atoms with Crippen LogP contribution in [0.25, 0.3) is 10.1 Å². The van der Waals surface area contributed by atoms with Gasteiger partial charge in [0.1, 0.15) is 0 Å². The van der Waals surface area contributed by atoms with Crippen molar-refractivity contribution in [1.29, 1.82) is 0 Å². The molecule has 2 aromatic rings. The zero-order valence-corrected chi connectivity index (χ0v) is 11.2. The van der Waals surface area contributed by atoms with Gasteiger partial charge in [-0.1, -0.05) is 22.0 Å². The normalized spacial score (nSPS) is 10.9. The Kier molecular flexibility index (Phi) is 2.80. The van der Waals surface area contributed by atoms with Crippen molar-refractivity contribution in [1.82, 2.24) is 0 Å². The summed E-state index contributed by atoms with van der Waals surface area (Å²) in [5, 5.41) is 3.07. The van der Waals surface area contributed by atoms with Crippen molar-refractivity contribution in [3.8, 4) is 0 Å². The third-order valence-corrected chi connectivity index (χ3v) is 4.41. The lowest BCUT2D eigenvalue weighted by molar-refractivity contribution is 1.53. The predicted molar refractivity (Wildman–Crippen MR) is 71.6 cm³/mol. The van der Waals surface area contributed by atoms with E-state index in [-0.39, 0.29) is 0 Å². The minimum atomic E-state index is 0.832. The number of fused-ring (bicyclic) bond motifs is 1. The maximum Gasteiger partial charge on any atom is 0.0910 e. The van der Waals surface area contributed by atoms with Crippen molar-refractivity contribution in [3.05, 3.63) is 27.3 Å². The van der Waals surface area contributed by atoms with E-state index in [2.05, 4.69) is 56.7 Å². The molecular formula is C9H7BrINS. The monoisotopic (exact) mass is 367 g/mol. The molecule has 0 bridgehead atoms. The topological polar surface area (TPSA) is 26.0 Å². The lowest BCUT2D eigenvalue weighted by atomic mass is 10.2. The second kappa shape index (κ2) is 3.74. The summed E-state index contributed by atoms with van der Waals surface area (Å²) in [6.07, 6.45) is 0. The van der Waals surface area contributed by atoms with Crippen LogP contribution in [0.5, 0.6) is 0 Å². The van der Waals surface area contributed by atoms with Gasteiger partial charge in [-0.2, -0.15) is 0 Å². The minimum absolute atomic E-state index is 0.832. The van der Waals surface area contributed by atoms with Crippen molar-refractivity contribution in [2.24, 2.45) is 0 Å². The molecule has 0 saturated carbocycles. The van der Waals surface area contributed by atoms with Crippen LogP contribution in [0.1, 0.15) is 5.56 Å². The first kappa shape index (κ1) is 9.73. The summed E-state index contributed by atoms with van der Waals surface area (Å²) in [4.78, 5) is 0. The van der Waals surface area contributed by atoms with Gasteiger partial charge in [0, 0.05) is 24.5 Å². The average molecular weight is 368 g/mol. The average Bonchev–Trinajstić information content (AvgIpc) is 2.42. The molecule has 0 aliphatic carbocycles. The maximum atomic E-state index is 5.92. The Morgan fingerprint density at radius 2 is 2.23 bits per heavy atom. The number of nitrogen functional groups attached to an aromatic ring is 1. The molecule has 2 rings (SSSR count). The number of hydrogen-bond donors (Lipinski definition) is 1. The van der Waals surface area contributed by atoms with Crippen LogP contribution in [0.4, 0.5) is 5.00 Å². The van der Waals surface area contributed by atoms with Crippen LogP contribution < -0.4 is 5.73 Å². The highest BCUT2D eigenvalue weighted by Gasteiger charge is 2.10. The summed E-state index contributed by atoms with van der Waals surface area (Å²) in [6.45, 7) is 0. The van der Waals surface area contributed by atoms with Gasteiger partial charge in [-0.25, -0.2) is 0 Å². The fraction of sp³-hybridized carbons (Fsp3) is 0.111. The van der Waals surface area contributed by atoms with Gasteiger partial charge in [0.05, 0.1) is 5.00 Å². The van der Waals surface area contributed by atoms with Crippen LogP contribution in [0.3, 0.4) is 0 Å². The molecule has 13 heavy (non-hydrogen) atoms. The van der Waals surface area contributed by atoms with Gasteiger partial charge in [-0.3, -0.25) is 0 Å². The van der Waals surface area contributed by atoms with Gasteiger partial charge in [0.2, 0.25) is 0 Å². The van der Waals surface area contributed by atoms with E-state index < -0.39 is 0 Å². The Bertz CT molecular complexity index is 452. The number of halogens is 2. The number of hydrogen-bond acceptors (Lipinski definition) is 2. The van der Waals surface area contributed by atoms with Crippen molar-refractivity contribution in [2.45, 2.75) is 5.33 Å². The molecule has 0 radical (unpaired) electrons. The summed E-state index contributed by atoms with van der Waals surface area (Å²) in [5.74, 6) is 0. The fourth-order valence-corrected chi connectivity index (χ4v) is 4.11. The molecule has 1 heterocycles. The molecule has 0 spiro atoms. The Morgan fingerprint density at radius 1 is 1.46 bits per heavy atom. The first-order valence-electron chi connectivity index (χ1n) is 3.75. The number of thiophene rings is 1. The third kappa shape index (κ3) is 1.59. The van der Waals surface area contributed by atoms with Gasteiger partial charge < -0.3 is 5.73 Å². The van der Waals surface area contributed by atoms with E-state index in [1.807, 2.05) is 0 Å². The van der Waals surface area contributed by atoms with Gasteiger partial charge in [-0.05, 0) is 34.7 Å². The highest BCUT2D eigenvalue weighted by Crippen LogP contribution is 2.37. The molecule has 1 aromatic heterocycles. The van der Waals surface area contributed by atoms with Crippen molar-refractivity contribution >= 4 is 64.9 Å². The zero-order chi connectivity index (χ0) is 9.42. The smallest absolute Gasteiger partial charge is 0.0910 e. The summed E-state index contributed by atoms with van der Waals surface area (Å²) in [7, 11) is 0. The second-order valence-electron chi connectivity index (χ2n) is 2.69. The number of rotatable bonds is 1. The Balaban J connectivity index is 2.88. The van der Waals surface area contributed by atoms with Crippen LogP contribution in [0.15, 0.2) is 18.2 Å². The lowest BCUT2D eigenvalue weighted by Crippen LogP contribution is -1.85. The van der Waals surface area contributed by atoms with Gasteiger partial charge in [0.25, 0.3) is 0 Å². The van der Waals surface area contributed by atoms with Crippen molar-refractivity contribution in [2.75, 3.05) is 5.73 Å². The number of anilines is 1. The molecule has 0 fully saturated rings. The number of benzene rings is 1. The molecule has 0 unspecified atom stereocenters. The molecule has 1 nitrogen and oxygen atoms in total. The third-order valence-electron chi connectivity index (χ3n) is 1.93. The highest BCUT2D eigenvalue weighted by molar-refractivity contribution is 14.1. The Labute approximate surface area is 103 Å². The lowest BCUT2D eigenvalue weighted by Gasteiger charge is -1.97. The van der Waals surface area contributed by atoms with Crippen LogP contribution in [0.2, 0.25) is 0 Å². The predicted octanol–water partition coefficient (Wildman–Crippen LogP) is 3.98. The molecule has 0 saturated heterocycles. The largest absolute Gasteiger partial charge is 0.390 e. The van der Waals surface area contributed by atoms with E-state index in [4.69, 9.17) is 5.73 Å². The van der Waals surface area contributed by atoms with Crippen molar-refractivity contribution in [3.63, 3.8) is 0 Å². The van der Waals surface area contributed by atoms with Crippen molar-refractivity contribution < 1.29 is 0 Å². The van der Waals surface area contributed by atoms with E-state index in [0.29, 0.717) is 0 Å². The molecule has 68 valence electrons. The van der Waals surface area contributed by atoms with Gasteiger partial charge in [0.15, 0.2) is 0 Å². The summed E-state index contributed by atoms with van der Waals surface area (Å²) in [6, 6.07) is 6.30. The molecule has 4 heteroatoms. The molecule has 0 aliphatic rings. The van der Waals surface area contributed by atoms with E-state index in [9.17, 15) is 0 Å². The molecule has 2 N–H and O–H groups in total. The van der Waals surface area contributed by atoms with E-state index in [0.717, 1.165) is 10.3 Å². The summed E-state index contributed by atoms with van der Waals surface area (Å²) < 4.78 is 2.55. The van der Waals surface area contributed by atoms with Crippen LogP contribution in [-0.2, 0) is 5.33 Å². The zero-order valence-electron chi connectivity index (χ0n) is 6.68. The summed E-state index contributed by atoms with van der Waals surface area (Å²) in [5.41, 5.74) is 7.14. The van der Waals surface area contributed by atoms with Crippen LogP contribution in [-0.4, -0.2) is 0 Å². The maximum absolute atomic E-state index is 5.92. The standard InChI is InChI=1S/C9H7BrINS/c10-4-5-8-6(11)2-1-3-7(8)13-9(5)12/h1-3H,4,12H2.